The molecule has 0 aliphatic carbocycles. The summed E-state index contributed by atoms with van der Waals surface area (Å²) in [6, 6.07) is 3.08. The predicted octanol–water partition coefficient (Wildman–Crippen LogP) is 1.99. The number of carbonyl (C=O) groups excluding carboxylic acids is 1. The van der Waals surface area contributed by atoms with Crippen LogP contribution in [0.5, 0.6) is 0 Å². The Labute approximate surface area is 109 Å². The van der Waals surface area contributed by atoms with Crippen LogP contribution in [0.25, 0.3) is 0 Å². The number of aromatic nitrogens is 1. The van der Waals surface area contributed by atoms with Crippen molar-refractivity contribution in [2.24, 2.45) is 0 Å². The molecule has 0 spiro atoms. The molecule has 2 rings (SSSR count). The van der Waals surface area contributed by atoms with Crippen LogP contribution in [0.3, 0.4) is 0 Å². The number of piperidine rings is 1. The van der Waals surface area contributed by atoms with Crippen molar-refractivity contribution in [3.05, 3.63) is 28.0 Å². The molecule has 0 aromatic carbocycles. The maximum atomic E-state index is 12.1. The molecule has 0 saturated carbocycles. The van der Waals surface area contributed by atoms with Crippen LogP contribution in [-0.4, -0.2) is 40.1 Å². The first-order valence-electron chi connectivity index (χ1n) is 5.37. The molecule has 1 aromatic heterocycles. The van der Waals surface area contributed by atoms with Crippen molar-refractivity contribution in [2.45, 2.75) is 18.9 Å². The molecule has 2 heterocycles. The average Bonchev–Trinajstić information content (AvgIpc) is 2.31. The van der Waals surface area contributed by atoms with Crippen LogP contribution in [-0.2, 0) is 0 Å². The molecule has 1 aliphatic heterocycles. The summed E-state index contributed by atoms with van der Waals surface area (Å²) in [6.45, 7) is 0.934. The zero-order valence-corrected chi connectivity index (χ0v) is 10.6. The molecule has 4 nitrogen and oxygen atoms in total. The third-order valence-electron chi connectivity index (χ3n) is 2.70. The minimum absolute atomic E-state index is 0.147. The third-order valence-corrected chi connectivity index (χ3v) is 3.21. The van der Waals surface area contributed by atoms with Crippen LogP contribution < -0.4 is 0 Å². The Bertz CT molecular complexity index is 439. The zero-order chi connectivity index (χ0) is 12.4. The highest BCUT2D eigenvalue weighted by Gasteiger charge is 2.25. The Morgan fingerprint density at radius 1 is 1.47 bits per heavy atom. The van der Waals surface area contributed by atoms with Gasteiger partial charge in [-0.2, -0.15) is 0 Å². The van der Waals surface area contributed by atoms with Gasteiger partial charge in [0, 0.05) is 13.1 Å². The summed E-state index contributed by atoms with van der Waals surface area (Å²) < 4.78 is 0. The fraction of sp³-hybridized carbons (Fsp3) is 0.455. The Balaban J connectivity index is 2.21. The molecule has 1 N–H and O–H groups in total. The van der Waals surface area contributed by atoms with Crippen molar-refractivity contribution >= 4 is 29.1 Å². The summed E-state index contributed by atoms with van der Waals surface area (Å²) in [4.78, 5) is 17.6. The summed E-state index contributed by atoms with van der Waals surface area (Å²) in [6.07, 6.45) is 1.04. The minimum Gasteiger partial charge on any atom is -0.391 e. The standard InChI is InChI=1S/C11H12Cl2N2O2/c12-8-3-4-9(13)14-10(8)11(17)15-5-1-2-7(16)6-15/h3-4,7,16H,1-2,5-6H2/t7-/m0/s1. The van der Waals surface area contributed by atoms with Gasteiger partial charge >= 0.3 is 0 Å². The van der Waals surface area contributed by atoms with Gasteiger partial charge in [0.25, 0.3) is 5.91 Å². The Hall–Kier alpha value is -0.840. The van der Waals surface area contributed by atoms with E-state index in [-0.39, 0.29) is 21.8 Å². The second kappa shape index (κ2) is 5.21. The van der Waals surface area contributed by atoms with Gasteiger partial charge in [-0.15, -0.1) is 0 Å². The number of amides is 1. The molecular weight excluding hydrogens is 263 g/mol. The van der Waals surface area contributed by atoms with Crippen LogP contribution in [0.4, 0.5) is 0 Å². The number of hydrogen-bond donors (Lipinski definition) is 1. The van der Waals surface area contributed by atoms with E-state index >= 15 is 0 Å². The number of pyridine rings is 1. The number of rotatable bonds is 1. The third kappa shape index (κ3) is 2.89. The minimum atomic E-state index is -0.467. The molecule has 1 aliphatic rings. The van der Waals surface area contributed by atoms with Crippen LogP contribution in [0.2, 0.25) is 10.2 Å². The molecule has 6 heteroatoms. The van der Waals surface area contributed by atoms with E-state index in [0.717, 1.165) is 12.8 Å². The lowest BCUT2D eigenvalue weighted by Crippen LogP contribution is -2.42. The molecule has 0 radical (unpaired) electrons. The van der Waals surface area contributed by atoms with E-state index in [2.05, 4.69) is 4.98 Å². The largest absolute Gasteiger partial charge is 0.391 e. The lowest BCUT2D eigenvalue weighted by atomic mass is 10.1. The molecule has 17 heavy (non-hydrogen) atoms. The quantitative estimate of drug-likeness (QED) is 0.797. The molecule has 1 amide bonds. The number of β-amino-alcohol motifs (C(OH)–C–C–N with tert-alkyl or cyclic N) is 1. The summed E-state index contributed by atoms with van der Waals surface area (Å²) in [7, 11) is 0. The van der Waals surface area contributed by atoms with Crippen LogP contribution >= 0.6 is 23.2 Å². The number of halogens is 2. The first-order valence-corrected chi connectivity index (χ1v) is 6.13. The van der Waals surface area contributed by atoms with Gasteiger partial charge in [0.15, 0.2) is 0 Å². The van der Waals surface area contributed by atoms with Crippen molar-refractivity contribution < 1.29 is 9.90 Å². The van der Waals surface area contributed by atoms with Gasteiger partial charge < -0.3 is 10.0 Å². The van der Waals surface area contributed by atoms with E-state index in [9.17, 15) is 9.90 Å². The Morgan fingerprint density at radius 2 is 2.24 bits per heavy atom. The average molecular weight is 275 g/mol. The summed E-state index contributed by atoms with van der Waals surface area (Å²) in [5.41, 5.74) is 0.147. The van der Waals surface area contributed by atoms with Crippen LogP contribution in [0, 0.1) is 0 Å². The van der Waals surface area contributed by atoms with E-state index in [1.54, 1.807) is 11.0 Å². The van der Waals surface area contributed by atoms with Crippen molar-refractivity contribution in [1.82, 2.24) is 9.88 Å². The van der Waals surface area contributed by atoms with E-state index in [1.807, 2.05) is 0 Å². The molecule has 0 unspecified atom stereocenters. The molecule has 1 saturated heterocycles. The van der Waals surface area contributed by atoms with Gasteiger partial charge in [0.2, 0.25) is 0 Å². The first-order chi connectivity index (χ1) is 8.08. The molecule has 0 bridgehead atoms. The van der Waals surface area contributed by atoms with Crippen LogP contribution in [0.15, 0.2) is 12.1 Å². The molecule has 1 fully saturated rings. The Kier molecular flexibility index (Phi) is 3.86. The smallest absolute Gasteiger partial charge is 0.274 e. The van der Waals surface area contributed by atoms with Crippen molar-refractivity contribution in [3.8, 4) is 0 Å². The van der Waals surface area contributed by atoms with E-state index in [1.165, 1.54) is 6.07 Å². The van der Waals surface area contributed by atoms with Gasteiger partial charge in [-0.3, -0.25) is 4.79 Å². The fourth-order valence-electron chi connectivity index (χ4n) is 1.86. The zero-order valence-electron chi connectivity index (χ0n) is 9.07. The van der Waals surface area contributed by atoms with Crippen LogP contribution in [0.1, 0.15) is 23.3 Å². The number of likely N-dealkylation sites (tertiary alicyclic amines) is 1. The maximum absolute atomic E-state index is 12.1. The summed E-state index contributed by atoms with van der Waals surface area (Å²) in [5, 5.41) is 10.0. The molecule has 92 valence electrons. The molecule has 1 atom stereocenters. The monoisotopic (exact) mass is 274 g/mol. The SMILES string of the molecule is O=C(c1nc(Cl)ccc1Cl)N1CCC[C@H](O)C1. The van der Waals surface area contributed by atoms with Crippen molar-refractivity contribution in [1.29, 1.82) is 0 Å². The predicted molar refractivity (Wildman–Crippen MR) is 65.4 cm³/mol. The molecule has 1 aromatic rings. The maximum Gasteiger partial charge on any atom is 0.274 e. The Morgan fingerprint density at radius 3 is 2.94 bits per heavy atom. The molecular formula is C11H12Cl2N2O2. The van der Waals surface area contributed by atoms with E-state index in [4.69, 9.17) is 23.2 Å². The van der Waals surface area contributed by atoms with Gasteiger partial charge in [0.05, 0.1) is 11.1 Å². The second-order valence-electron chi connectivity index (χ2n) is 4.01. The lowest BCUT2D eigenvalue weighted by Gasteiger charge is -2.30. The number of aliphatic hydroxyl groups excluding tert-OH is 1. The lowest BCUT2D eigenvalue weighted by molar-refractivity contribution is 0.0469. The number of hydrogen-bond acceptors (Lipinski definition) is 3. The van der Waals surface area contributed by atoms with E-state index < -0.39 is 6.10 Å². The second-order valence-corrected chi connectivity index (χ2v) is 4.81. The highest BCUT2D eigenvalue weighted by Crippen LogP contribution is 2.20. The fourth-order valence-corrected chi connectivity index (χ4v) is 2.19. The van der Waals surface area contributed by atoms with Gasteiger partial charge in [-0.25, -0.2) is 4.98 Å². The summed E-state index contributed by atoms with van der Waals surface area (Å²) >= 11 is 11.7. The van der Waals surface area contributed by atoms with Gasteiger partial charge in [0.1, 0.15) is 10.8 Å². The van der Waals surface area contributed by atoms with E-state index in [0.29, 0.717) is 13.1 Å². The number of nitrogens with zero attached hydrogens (tertiary/aromatic N) is 2. The highest BCUT2D eigenvalue weighted by atomic mass is 35.5. The number of carbonyl (C=O) groups is 1. The number of aliphatic hydroxyl groups is 1. The normalized spacial score (nSPS) is 20.4. The van der Waals surface area contributed by atoms with Crippen molar-refractivity contribution in [2.75, 3.05) is 13.1 Å². The first kappa shape index (κ1) is 12.6. The van der Waals surface area contributed by atoms with Gasteiger partial charge in [-0.1, -0.05) is 23.2 Å². The van der Waals surface area contributed by atoms with Crippen molar-refractivity contribution in [3.63, 3.8) is 0 Å². The summed E-state index contributed by atoms with van der Waals surface area (Å²) in [5.74, 6) is -0.281. The highest BCUT2D eigenvalue weighted by molar-refractivity contribution is 6.34. The van der Waals surface area contributed by atoms with Gasteiger partial charge in [-0.05, 0) is 25.0 Å². The topological polar surface area (TPSA) is 53.4 Å².